The molecular formula is C15H19ClN2O2S. The van der Waals surface area contributed by atoms with Crippen LogP contribution in [0.25, 0.3) is 0 Å². The van der Waals surface area contributed by atoms with Crippen LogP contribution in [-0.4, -0.2) is 18.2 Å². The summed E-state index contributed by atoms with van der Waals surface area (Å²) in [4.78, 5) is 0. The predicted molar refractivity (Wildman–Crippen MR) is 85.1 cm³/mol. The first-order valence-corrected chi connectivity index (χ1v) is 8.94. The van der Waals surface area contributed by atoms with E-state index in [-0.39, 0.29) is 11.5 Å². The molecule has 1 aromatic heterocycles. The summed E-state index contributed by atoms with van der Waals surface area (Å²) in [5.41, 5.74) is 2.43. The summed E-state index contributed by atoms with van der Waals surface area (Å²) in [5.74, 6) is 0.295. The van der Waals surface area contributed by atoms with Crippen LogP contribution in [0.15, 0.2) is 30.3 Å². The fourth-order valence-electron chi connectivity index (χ4n) is 2.14. The molecule has 2 aromatic rings. The van der Waals surface area contributed by atoms with Gasteiger partial charge in [0, 0.05) is 7.05 Å². The highest BCUT2D eigenvalue weighted by atomic mass is 35.5. The molecule has 0 atom stereocenters. The third-order valence-corrected chi connectivity index (χ3v) is 5.11. The van der Waals surface area contributed by atoms with Crippen LogP contribution in [0.3, 0.4) is 0 Å². The van der Waals surface area contributed by atoms with Crippen molar-refractivity contribution in [2.45, 2.75) is 31.3 Å². The van der Waals surface area contributed by atoms with Crippen LogP contribution < -0.4 is 0 Å². The molecular weight excluding hydrogens is 308 g/mol. The Morgan fingerprint density at radius 1 is 1.24 bits per heavy atom. The summed E-state index contributed by atoms with van der Waals surface area (Å²) in [6.45, 7) is 4.17. The predicted octanol–water partition coefficient (Wildman–Crippen LogP) is 3.31. The van der Waals surface area contributed by atoms with Gasteiger partial charge in [-0.1, -0.05) is 49.7 Å². The van der Waals surface area contributed by atoms with Crippen LogP contribution in [0.2, 0.25) is 5.15 Å². The van der Waals surface area contributed by atoms with Crippen LogP contribution in [0.5, 0.6) is 0 Å². The van der Waals surface area contributed by atoms with Gasteiger partial charge in [0.15, 0.2) is 9.84 Å². The van der Waals surface area contributed by atoms with Gasteiger partial charge in [0.1, 0.15) is 5.15 Å². The van der Waals surface area contributed by atoms with E-state index in [9.17, 15) is 8.42 Å². The number of benzene rings is 1. The Labute approximate surface area is 130 Å². The van der Waals surface area contributed by atoms with Crippen molar-refractivity contribution in [3.63, 3.8) is 0 Å². The summed E-state index contributed by atoms with van der Waals surface area (Å²) in [6.07, 6.45) is 0. The Hall–Kier alpha value is -1.33. The highest BCUT2D eigenvalue weighted by Gasteiger charge is 2.16. The number of rotatable bonds is 5. The van der Waals surface area contributed by atoms with E-state index in [0.29, 0.717) is 16.8 Å². The monoisotopic (exact) mass is 326 g/mol. The van der Waals surface area contributed by atoms with Crippen molar-refractivity contribution in [3.05, 3.63) is 52.3 Å². The molecule has 2 rings (SSSR count). The van der Waals surface area contributed by atoms with E-state index in [4.69, 9.17) is 11.6 Å². The second-order valence-electron chi connectivity index (χ2n) is 5.51. The molecule has 0 aliphatic rings. The first-order chi connectivity index (χ1) is 9.77. The van der Waals surface area contributed by atoms with Gasteiger partial charge in [-0.05, 0) is 23.1 Å². The highest BCUT2D eigenvalue weighted by molar-refractivity contribution is 7.89. The maximum absolute atomic E-state index is 12.3. The maximum atomic E-state index is 12.3. The first-order valence-electron chi connectivity index (χ1n) is 6.74. The van der Waals surface area contributed by atoms with E-state index in [2.05, 4.69) is 18.9 Å². The average molecular weight is 327 g/mol. The Balaban J connectivity index is 2.15. The van der Waals surface area contributed by atoms with Crippen molar-refractivity contribution in [1.82, 2.24) is 9.78 Å². The van der Waals surface area contributed by atoms with Crippen LogP contribution in [0.4, 0.5) is 0 Å². The van der Waals surface area contributed by atoms with E-state index in [1.807, 2.05) is 24.3 Å². The van der Waals surface area contributed by atoms with Crippen molar-refractivity contribution < 1.29 is 8.42 Å². The molecule has 0 bridgehead atoms. The molecule has 4 nitrogen and oxygen atoms in total. The lowest BCUT2D eigenvalue weighted by molar-refractivity contribution is 0.593. The minimum atomic E-state index is -3.27. The van der Waals surface area contributed by atoms with Crippen LogP contribution in [0.1, 0.15) is 36.6 Å². The Morgan fingerprint density at radius 3 is 2.52 bits per heavy atom. The molecule has 0 amide bonds. The molecule has 0 saturated carbocycles. The van der Waals surface area contributed by atoms with Crippen LogP contribution >= 0.6 is 11.6 Å². The maximum Gasteiger partial charge on any atom is 0.160 e. The lowest BCUT2D eigenvalue weighted by Gasteiger charge is -2.08. The molecule has 0 spiro atoms. The van der Waals surface area contributed by atoms with Crippen molar-refractivity contribution in [2.24, 2.45) is 7.05 Å². The molecule has 0 fully saturated rings. The fourth-order valence-corrected chi connectivity index (χ4v) is 3.69. The second kappa shape index (κ2) is 6.20. The SMILES string of the molecule is CC(C)c1cccc(CS(=O)(=O)Cc2cc(Cl)n(C)n2)c1. The molecule has 0 radical (unpaired) electrons. The normalized spacial score (nSPS) is 12.0. The van der Waals surface area contributed by atoms with Crippen molar-refractivity contribution in [2.75, 3.05) is 0 Å². The standard InChI is InChI=1S/C15H19ClN2O2S/c1-11(2)13-6-4-5-12(7-13)9-21(19,20)10-14-8-15(16)18(3)17-14/h4-8,11H,9-10H2,1-3H3. The Morgan fingerprint density at radius 2 is 1.95 bits per heavy atom. The van der Waals surface area contributed by atoms with Crippen LogP contribution in [-0.2, 0) is 28.4 Å². The minimum absolute atomic E-state index is 0.0156. The summed E-state index contributed by atoms with van der Waals surface area (Å²) < 4.78 is 26.0. The number of hydrogen-bond donors (Lipinski definition) is 0. The van der Waals surface area contributed by atoms with Gasteiger partial charge in [-0.15, -0.1) is 0 Å². The smallest absolute Gasteiger partial charge is 0.160 e. The van der Waals surface area contributed by atoms with Crippen molar-refractivity contribution in [3.8, 4) is 0 Å². The van der Waals surface area contributed by atoms with E-state index in [1.165, 1.54) is 4.68 Å². The summed E-state index contributed by atoms with van der Waals surface area (Å²) in [5, 5.41) is 4.52. The zero-order valence-corrected chi connectivity index (χ0v) is 13.9. The van der Waals surface area contributed by atoms with Gasteiger partial charge >= 0.3 is 0 Å². The highest BCUT2D eigenvalue weighted by Crippen LogP contribution is 2.19. The van der Waals surface area contributed by atoms with Gasteiger partial charge in [0.05, 0.1) is 17.2 Å². The Kier molecular flexibility index (Phi) is 4.74. The first kappa shape index (κ1) is 16.0. The zero-order chi connectivity index (χ0) is 15.6. The van der Waals surface area contributed by atoms with Gasteiger partial charge in [0.2, 0.25) is 0 Å². The van der Waals surface area contributed by atoms with E-state index in [0.717, 1.165) is 11.1 Å². The molecule has 0 aliphatic heterocycles. The van der Waals surface area contributed by atoms with E-state index >= 15 is 0 Å². The summed E-state index contributed by atoms with van der Waals surface area (Å²) >= 11 is 5.88. The Bertz CT molecular complexity index is 716. The number of aryl methyl sites for hydroxylation is 1. The van der Waals surface area contributed by atoms with Gasteiger partial charge in [-0.2, -0.15) is 5.10 Å². The molecule has 1 aromatic carbocycles. The number of aromatic nitrogens is 2. The second-order valence-corrected chi connectivity index (χ2v) is 7.97. The third kappa shape index (κ3) is 4.32. The van der Waals surface area contributed by atoms with Gasteiger partial charge in [0.25, 0.3) is 0 Å². The molecule has 0 unspecified atom stereocenters. The van der Waals surface area contributed by atoms with Crippen LogP contribution in [0, 0.1) is 0 Å². The fraction of sp³-hybridized carbons (Fsp3) is 0.400. The number of halogens is 1. The topological polar surface area (TPSA) is 52.0 Å². The van der Waals surface area contributed by atoms with Crippen molar-refractivity contribution >= 4 is 21.4 Å². The molecule has 6 heteroatoms. The molecule has 0 aliphatic carbocycles. The van der Waals surface area contributed by atoms with E-state index in [1.54, 1.807) is 13.1 Å². The van der Waals surface area contributed by atoms with Gasteiger partial charge in [-0.3, -0.25) is 4.68 Å². The van der Waals surface area contributed by atoms with E-state index < -0.39 is 9.84 Å². The molecule has 1 heterocycles. The van der Waals surface area contributed by atoms with Crippen molar-refractivity contribution in [1.29, 1.82) is 0 Å². The number of sulfone groups is 1. The third-order valence-electron chi connectivity index (χ3n) is 3.25. The lowest BCUT2D eigenvalue weighted by atomic mass is 10.0. The number of hydrogen-bond acceptors (Lipinski definition) is 3. The minimum Gasteiger partial charge on any atom is -0.257 e. The van der Waals surface area contributed by atoms with Gasteiger partial charge in [-0.25, -0.2) is 8.42 Å². The zero-order valence-electron chi connectivity index (χ0n) is 12.4. The quantitative estimate of drug-likeness (QED) is 0.847. The summed E-state index contributed by atoms with van der Waals surface area (Å²) in [7, 11) is -1.58. The largest absolute Gasteiger partial charge is 0.257 e. The molecule has 0 N–H and O–H groups in total. The average Bonchev–Trinajstić information content (AvgIpc) is 2.66. The molecule has 114 valence electrons. The lowest BCUT2D eigenvalue weighted by Crippen LogP contribution is -2.09. The number of nitrogens with zero attached hydrogens (tertiary/aromatic N) is 2. The molecule has 21 heavy (non-hydrogen) atoms. The molecule has 0 saturated heterocycles. The van der Waals surface area contributed by atoms with Gasteiger partial charge < -0.3 is 0 Å². The summed E-state index contributed by atoms with van der Waals surface area (Å²) in [6, 6.07) is 9.29.